The highest BCUT2D eigenvalue weighted by Gasteiger charge is 2.49. The Morgan fingerprint density at radius 2 is 1.73 bits per heavy atom. The number of hydrogen-bond donors (Lipinski definition) is 2. The molecule has 0 spiro atoms. The minimum absolute atomic E-state index is 0.114. The number of piperidine rings is 1. The van der Waals surface area contributed by atoms with Gasteiger partial charge in [-0.1, -0.05) is 31.4 Å². The molecule has 0 radical (unpaired) electrons. The Morgan fingerprint density at radius 3 is 2.27 bits per heavy atom. The first-order chi connectivity index (χ1) is 15.6. The third kappa shape index (κ3) is 6.33. The van der Waals surface area contributed by atoms with Crippen LogP contribution in [0.5, 0.6) is 0 Å². The van der Waals surface area contributed by atoms with Gasteiger partial charge in [0, 0.05) is 25.0 Å². The molecule has 33 heavy (non-hydrogen) atoms. The summed E-state index contributed by atoms with van der Waals surface area (Å²) in [5.74, 6) is -0.0367. The Morgan fingerprint density at radius 1 is 1.12 bits per heavy atom. The van der Waals surface area contributed by atoms with Gasteiger partial charge in [0.15, 0.2) is 0 Å². The highest BCUT2D eigenvalue weighted by atomic mass is 19.1. The van der Waals surface area contributed by atoms with E-state index >= 15 is 0 Å². The molecule has 0 aromatic heterocycles. The number of rotatable bonds is 7. The number of likely N-dealkylation sites (tertiary alicyclic amines) is 1. The van der Waals surface area contributed by atoms with Gasteiger partial charge in [0.25, 0.3) is 0 Å². The Balaban J connectivity index is 1.72. The second-order valence-electron chi connectivity index (χ2n) is 10.7. The average Bonchev–Trinajstić information content (AvgIpc) is 2.79. The molecule has 1 aliphatic carbocycles. The summed E-state index contributed by atoms with van der Waals surface area (Å²) >= 11 is 0. The topological polar surface area (TPSA) is 78.5 Å². The van der Waals surface area contributed by atoms with Crippen LogP contribution in [0.1, 0.15) is 71.3 Å². The van der Waals surface area contributed by atoms with Gasteiger partial charge in [-0.3, -0.25) is 14.4 Å². The number of nitrogens with zero attached hydrogens (tertiary/aromatic N) is 1. The number of benzene rings is 1. The smallest absolute Gasteiger partial charge is 0.245 e. The minimum Gasteiger partial charge on any atom is -0.351 e. The molecule has 3 rings (SSSR count). The molecule has 2 fully saturated rings. The second kappa shape index (κ2) is 10.7. The third-order valence-corrected chi connectivity index (χ3v) is 7.22. The summed E-state index contributed by atoms with van der Waals surface area (Å²) in [6.07, 6.45) is 7.76. The van der Waals surface area contributed by atoms with Crippen LogP contribution < -0.4 is 10.6 Å². The van der Waals surface area contributed by atoms with Gasteiger partial charge >= 0.3 is 0 Å². The first-order valence-electron chi connectivity index (χ1n) is 12.2. The van der Waals surface area contributed by atoms with Crippen molar-refractivity contribution in [3.05, 3.63) is 35.6 Å². The third-order valence-electron chi connectivity index (χ3n) is 7.22. The van der Waals surface area contributed by atoms with Crippen LogP contribution in [0.2, 0.25) is 0 Å². The van der Waals surface area contributed by atoms with Crippen LogP contribution in [0.15, 0.2) is 24.3 Å². The molecular weight excluding hydrogens is 421 g/mol. The summed E-state index contributed by atoms with van der Waals surface area (Å²) in [6, 6.07) is 5.25. The fraction of sp³-hybridized carbons (Fsp3) is 0.654. The van der Waals surface area contributed by atoms with Gasteiger partial charge in [0.05, 0.1) is 5.41 Å². The van der Waals surface area contributed by atoms with E-state index < -0.39 is 11.5 Å². The molecule has 7 heteroatoms. The van der Waals surface area contributed by atoms with Crippen LogP contribution in [-0.2, 0) is 20.8 Å². The molecule has 1 aromatic rings. The highest BCUT2D eigenvalue weighted by Crippen LogP contribution is 2.46. The second-order valence-corrected chi connectivity index (χ2v) is 10.7. The van der Waals surface area contributed by atoms with Crippen LogP contribution in [-0.4, -0.2) is 47.8 Å². The van der Waals surface area contributed by atoms with E-state index in [9.17, 15) is 18.8 Å². The van der Waals surface area contributed by atoms with E-state index in [2.05, 4.69) is 10.6 Å². The van der Waals surface area contributed by atoms with Gasteiger partial charge in [0.1, 0.15) is 11.9 Å². The fourth-order valence-electron chi connectivity index (χ4n) is 5.44. The molecule has 0 unspecified atom stereocenters. The maximum Gasteiger partial charge on any atom is 0.245 e. The van der Waals surface area contributed by atoms with Crippen molar-refractivity contribution in [3.63, 3.8) is 0 Å². The fourth-order valence-corrected chi connectivity index (χ4v) is 5.44. The van der Waals surface area contributed by atoms with Crippen molar-refractivity contribution in [3.8, 4) is 0 Å². The SMILES string of the molecule is CC(C)(C)NC(=O)C1(C2CCCCC2)CCN(C(=O)[C@@H](Cc2ccc(F)cc2)NC=O)CC1. The molecule has 1 heterocycles. The lowest BCUT2D eigenvalue weighted by Crippen LogP contribution is -2.58. The van der Waals surface area contributed by atoms with Crippen molar-refractivity contribution in [2.24, 2.45) is 11.3 Å². The van der Waals surface area contributed by atoms with Crippen molar-refractivity contribution in [2.75, 3.05) is 13.1 Å². The largest absolute Gasteiger partial charge is 0.351 e. The van der Waals surface area contributed by atoms with Crippen molar-refractivity contribution in [1.29, 1.82) is 0 Å². The van der Waals surface area contributed by atoms with Gasteiger partial charge in [-0.05, 0) is 70.1 Å². The van der Waals surface area contributed by atoms with Crippen molar-refractivity contribution >= 4 is 18.2 Å². The lowest BCUT2D eigenvalue weighted by molar-refractivity contribution is -0.147. The van der Waals surface area contributed by atoms with Crippen LogP contribution >= 0.6 is 0 Å². The predicted molar refractivity (Wildman–Crippen MR) is 126 cm³/mol. The average molecular weight is 460 g/mol. The zero-order valence-corrected chi connectivity index (χ0v) is 20.2. The first-order valence-corrected chi connectivity index (χ1v) is 12.2. The predicted octanol–water partition coefficient (Wildman–Crippen LogP) is 3.59. The first kappa shape index (κ1) is 25.2. The number of carbonyl (C=O) groups is 3. The highest BCUT2D eigenvalue weighted by molar-refractivity contribution is 5.86. The van der Waals surface area contributed by atoms with E-state index in [-0.39, 0.29) is 23.2 Å². The number of halogens is 1. The van der Waals surface area contributed by atoms with E-state index in [0.29, 0.717) is 44.7 Å². The zero-order valence-electron chi connectivity index (χ0n) is 20.2. The maximum absolute atomic E-state index is 13.5. The molecule has 1 saturated heterocycles. The number of nitrogens with one attached hydrogen (secondary N) is 2. The number of amides is 3. The summed E-state index contributed by atoms with van der Waals surface area (Å²) in [4.78, 5) is 39.7. The number of carbonyl (C=O) groups excluding carboxylic acids is 3. The number of hydrogen-bond acceptors (Lipinski definition) is 3. The Hall–Kier alpha value is -2.44. The lowest BCUT2D eigenvalue weighted by Gasteiger charge is -2.48. The quantitative estimate of drug-likeness (QED) is 0.612. The molecular formula is C26H38FN3O3. The minimum atomic E-state index is -0.710. The summed E-state index contributed by atoms with van der Waals surface area (Å²) in [5.41, 5.74) is 0.0247. The molecule has 1 aliphatic heterocycles. The van der Waals surface area contributed by atoms with Crippen molar-refractivity contribution in [2.45, 2.75) is 83.7 Å². The van der Waals surface area contributed by atoms with Crippen LogP contribution in [0.3, 0.4) is 0 Å². The molecule has 182 valence electrons. The summed E-state index contributed by atoms with van der Waals surface area (Å²) < 4.78 is 13.2. The summed E-state index contributed by atoms with van der Waals surface area (Å²) in [6.45, 7) is 7.00. The van der Waals surface area contributed by atoms with Gasteiger partial charge in [-0.25, -0.2) is 4.39 Å². The Bertz CT molecular complexity index is 820. The molecule has 6 nitrogen and oxygen atoms in total. The molecule has 1 aromatic carbocycles. The monoisotopic (exact) mass is 459 g/mol. The van der Waals surface area contributed by atoms with E-state index in [0.717, 1.165) is 31.2 Å². The van der Waals surface area contributed by atoms with Gasteiger partial charge in [-0.15, -0.1) is 0 Å². The van der Waals surface area contributed by atoms with E-state index in [1.807, 2.05) is 20.8 Å². The van der Waals surface area contributed by atoms with Crippen molar-refractivity contribution in [1.82, 2.24) is 15.5 Å². The van der Waals surface area contributed by atoms with Gasteiger partial charge in [-0.2, -0.15) is 0 Å². The normalized spacial score (nSPS) is 20.1. The van der Waals surface area contributed by atoms with Crippen LogP contribution in [0, 0.1) is 17.2 Å². The zero-order chi connectivity index (χ0) is 24.1. The lowest BCUT2D eigenvalue weighted by atomic mass is 9.63. The molecule has 1 saturated carbocycles. The van der Waals surface area contributed by atoms with Crippen LogP contribution in [0.4, 0.5) is 4.39 Å². The molecule has 1 atom stereocenters. The van der Waals surface area contributed by atoms with Crippen molar-refractivity contribution < 1.29 is 18.8 Å². The molecule has 2 N–H and O–H groups in total. The van der Waals surface area contributed by atoms with Gasteiger partial charge in [0.2, 0.25) is 18.2 Å². The summed E-state index contributed by atoms with van der Waals surface area (Å²) in [5, 5.41) is 5.86. The van der Waals surface area contributed by atoms with E-state index in [1.54, 1.807) is 17.0 Å². The Labute approximate surface area is 196 Å². The van der Waals surface area contributed by atoms with Crippen LogP contribution in [0.25, 0.3) is 0 Å². The van der Waals surface area contributed by atoms with E-state index in [1.165, 1.54) is 18.6 Å². The standard InChI is InChI=1S/C26H38FN3O3/c1-25(2,3)29-24(33)26(20-7-5-4-6-8-20)13-15-30(16-14-26)23(32)22(28-18-31)17-19-9-11-21(27)12-10-19/h9-12,18,20,22H,4-8,13-17H2,1-3H3,(H,28,31)(H,29,33)/t22-/m1/s1. The maximum atomic E-state index is 13.5. The Kier molecular flexibility index (Phi) is 8.14. The molecule has 3 amide bonds. The summed E-state index contributed by atoms with van der Waals surface area (Å²) in [7, 11) is 0. The molecule has 0 bridgehead atoms. The van der Waals surface area contributed by atoms with E-state index in [4.69, 9.17) is 0 Å². The van der Waals surface area contributed by atoms with Gasteiger partial charge < -0.3 is 15.5 Å². The molecule has 2 aliphatic rings.